The summed E-state index contributed by atoms with van der Waals surface area (Å²) < 4.78 is 9.90. The average Bonchev–Trinajstić information content (AvgIpc) is 2.07. The van der Waals surface area contributed by atoms with Gasteiger partial charge >= 0.3 is 0 Å². The van der Waals surface area contributed by atoms with Gasteiger partial charge < -0.3 is 24.8 Å². The van der Waals surface area contributed by atoms with Crippen LogP contribution in [0.1, 0.15) is 6.92 Å². The Labute approximate surface area is 70.5 Å². The molecule has 3 N–H and O–H groups in total. The molecule has 5 heteroatoms. The van der Waals surface area contributed by atoms with Crippen LogP contribution in [0.2, 0.25) is 0 Å². The first-order chi connectivity index (χ1) is 5.66. The summed E-state index contributed by atoms with van der Waals surface area (Å²) in [5.74, 6) is 0. The van der Waals surface area contributed by atoms with Crippen LogP contribution in [-0.2, 0) is 9.47 Å². The van der Waals surface area contributed by atoms with E-state index in [1.54, 1.807) is 6.92 Å². The maximum Gasteiger partial charge on any atom is 0.186 e. The van der Waals surface area contributed by atoms with E-state index in [1.165, 1.54) is 0 Å². The molecular weight excluding hydrogens is 164 g/mol. The smallest absolute Gasteiger partial charge is 0.186 e. The van der Waals surface area contributed by atoms with Gasteiger partial charge in [-0.25, -0.2) is 0 Å². The minimum atomic E-state index is -1.18. The van der Waals surface area contributed by atoms with Crippen LogP contribution in [0.15, 0.2) is 0 Å². The number of hydrogen-bond acceptors (Lipinski definition) is 5. The van der Waals surface area contributed by atoms with Gasteiger partial charge in [0.2, 0.25) is 0 Å². The van der Waals surface area contributed by atoms with Gasteiger partial charge in [0.25, 0.3) is 0 Å². The quantitative estimate of drug-likeness (QED) is 0.477. The Kier molecular flexibility index (Phi) is 3.42. The van der Waals surface area contributed by atoms with E-state index in [2.05, 4.69) is 0 Å². The summed E-state index contributed by atoms with van der Waals surface area (Å²) in [5.41, 5.74) is 0. The first kappa shape index (κ1) is 9.88. The minimum Gasteiger partial charge on any atom is -0.388 e. The predicted octanol–water partition coefficient (Wildman–Crippen LogP) is -1.54. The highest BCUT2D eigenvalue weighted by atomic mass is 16.7. The number of hydrogen-bond donors (Lipinski definition) is 3. The van der Waals surface area contributed by atoms with Crippen molar-refractivity contribution in [3.05, 3.63) is 0 Å². The van der Waals surface area contributed by atoms with E-state index >= 15 is 0 Å². The molecule has 0 unspecified atom stereocenters. The van der Waals surface area contributed by atoms with Crippen molar-refractivity contribution >= 4 is 0 Å². The molecule has 72 valence electrons. The molecule has 0 aromatic carbocycles. The van der Waals surface area contributed by atoms with Crippen molar-refractivity contribution in [2.24, 2.45) is 0 Å². The summed E-state index contributed by atoms with van der Waals surface area (Å²) in [6.45, 7) is 2.14. The van der Waals surface area contributed by atoms with E-state index in [0.29, 0.717) is 6.61 Å². The summed E-state index contributed by atoms with van der Waals surface area (Å²) >= 11 is 0. The lowest BCUT2D eigenvalue weighted by Crippen LogP contribution is -2.53. The van der Waals surface area contributed by atoms with Crippen molar-refractivity contribution in [3.8, 4) is 0 Å². The first-order valence-corrected chi connectivity index (χ1v) is 3.94. The fourth-order valence-electron chi connectivity index (χ4n) is 1.09. The van der Waals surface area contributed by atoms with Crippen molar-refractivity contribution in [2.45, 2.75) is 31.5 Å². The molecule has 5 nitrogen and oxygen atoms in total. The topological polar surface area (TPSA) is 79.2 Å². The van der Waals surface area contributed by atoms with E-state index < -0.39 is 24.6 Å². The second-order valence-electron chi connectivity index (χ2n) is 2.71. The van der Waals surface area contributed by atoms with Crippen LogP contribution in [0, 0.1) is 0 Å². The molecule has 0 aromatic rings. The van der Waals surface area contributed by atoms with Crippen LogP contribution in [0.4, 0.5) is 0 Å². The number of aliphatic hydroxyl groups is 3. The van der Waals surface area contributed by atoms with Crippen LogP contribution in [0.3, 0.4) is 0 Å². The van der Waals surface area contributed by atoms with E-state index in [0.717, 1.165) is 0 Å². The van der Waals surface area contributed by atoms with E-state index in [1.807, 2.05) is 0 Å². The Morgan fingerprint density at radius 2 is 2.00 bits per heavy atom. The molecule has 1 saturated heterocycles. The third-order valence-corrected chi connectivity index (χ3v) is 1.79. The molecule has 1 aliphatic heterocycles. The monoisotopic (exact) mass is 178 g/mol. The molecule has 4 atom stereocenters. The molecule has 1 aliphatic rings. The summed E-state index contributed by atoms with van der Waals surface area (Å²) in [6, 6.07) is 0. The van der Waals surface area contributed by atoms with E-state index in [-0.39, 0.29) is 6.61 Å². The van der Waals surface area contributed by atoms with Gasteiger partial charge in [0.15, 0.2) is 6.29 Å². The molecule has 1 fully saturated rings. The van der Waals surface area contributed by atoms with Gasteiger partial charge in [0.1, 0.15) is 18.3 Å². The van der Waals surface area contributed by atoms with Crippen LogP contribution < -0.4 is 0 Å². The van der Waals surface area contributed by atoms with Gasteiger partial charge in [-0.15, -0.1) is 0 Å². The molecule has 0 radical (unpaired) electrons. The zero-order valence-electron chi connectivity index (χ0n) is 6.88. The number of rotatable bonds is 2. The SMILES string of the molecule is CCO[C@@H]1OC[C@@H](O)[C@H](O)[C@H]1O. The molecule has 0 aromatic heterocycles. The summed E-state index contributed by atoms with van der Waals surface area (Å²) in [6.07, 6.45) is -4.21. The molecule has 0 spiro atoms. The fraction of sp³-hybridized carbons (Fsp3) is 1.00. The van der Waals surface area contributed by atoms with Gasteiger partial charge in [-0.1, -0.05) is 0 Å². The maximum atomic E-state index is 9.28. The Bertz CT molecular complexity index is 140. The van der Waals surface area contributed by atoms with Crippen LogP contribution in [-0.4, -0.2) is 53.1 Å². The van der Waals surface area contributed by atoms with Crippen LogP contribution >= 0.6 is 0 Å². The fourth-order valence-corrected chi connectivity index (χ4v) is 1.09. The number of ether oxygens (including phenoxy) is 2. The van der Waals surface area contributed by atoms with E-state index in [4.69, 9.17) is 14.6 Å². The molecule has 0 aliphatic carbocycles. The Hall–Kier alpha value is -0.200. The minimum absolute atomic E-state index is 0.0110. The highest BCUT2D eigenvalue weighted by Crippen LogP contribution is 2.15. The van der Waals surface area contributed by atoms with Crippen molar-refractivity contribution < 1.29 is 24.8 Å². The lowest BCUT2D eigenvalue weighted by Gasteiger charge is -2.34. The predicted molar refractivity (Wildman–Crippen MR) is 39.4 cm³/mol. The van der Waals surface area contributed by atoms with Crippen molar-refractivity contribution in [1.29, 1.82) is 0 Å². The molecule has 1 rings (SSSR count). The first-order valence-electron chi connectivity index (χ1n) is 3.94. The van der Waals surface area contributed by atoms with Crippen molar-refractivity contribution in [1.82, 2.24) is 0 Å². The largest absolute Gasteiger partial charge is 0.388 e. The molecule has 1 heterocycles. The van der Waals surface area contributed by atoms with Crippen molar-refractivity contribution in [2.75, 3.05) is 13.2 Å². The summed E-state index contributed by atoms with van der Waals surface area (Å²) in [5, 5.41) is 27.5. The highest BCUT2D eigenvalue weighted by Gasteiger charge is 2.37. The van der Waals surface area contributed by atoms with Gasteiger partial charge in [0.05, 0.1) is 6.61 Å². The lowest BCUT2D eigenvalue weighted by molar-refractivity contribution is -0.268. The molecule has 0 bridgehead atoms. The standard InChI is InChI=1S/C7H14O5/c1-2-11-7-6(10)5(9)4(8)3-12-7/h4-10H,2-3H2,1H3/t4-,5+,6-,7-/m1/s1. The zero-order chi connectivity index (χ0) is 9.14. The Morgan fingerprint density at radius 1 is 1.33 bits per heavy atom. The van der Waals surface area contributed by atoms with Crippen LogP contribution in [0.5, 0.6) is 0 Å². The van der Waals surface area contributed by atoms with Gasteiger partial charge in [-0.05, 0) is 6.92 Å². The molecule has 12 heavy (non-hydrogen) atoms. The molecule has 0 saturated carbocycles. The summed E-state index contributed by atoms with van der Waals surface area (Å²) in [7, 11) is 0. The second kappa shape index (κ2) is 4.15. The van der Waals surface area contributed by atoms with Crippen LogP contribution in [0.25, 0.3) is 0 Å². The zero-order valence-corrected chi connectivity index (χ0v) is 6.88. The molecule has 0 amide bonds. The van der Waals surface area contributed by atoms with E-state index in [9.17, 15) is 10.2 Å². The Balaban J connectivity index is 2.46. The number of aliphatic hydroxyl groups excluding tert-OH is 3. The summed E-state index contributed by atoms with van der Waals surface area (Å²) in [4.78, 5) is 0. The lowest BCUT2D eigenvalue weighted by atomic mass is 10.1. The van der Waals surface area contributed by atoms with Gasteiger partial charge in [-0.3, -0.25) is 0 Å². The third kappa shape index (κ3) is 1.94. The Morgan fingerprint density at radius 3 is 2.58 bits per heavy atom. The highest BCUT2D eigenvalue weighted by molar-refractivity contribution is 4.82. The van der Waals surface area contributed by atoms with Crippen molar-refractivity contribution in [3.63, 3.8) is 0 Å². The third-order valence-electron chi connectivity index (χ3n) is 1.79. The van der Waals surface area contributed by atoms with Gasteiger partial charge in [-0.2, -0.15) is 0 Å². The maximum absolute atomic E-state index is 9.28. The molecular formula is C7H14O5. The van der Waals surface area contributed by atoms with Gasteiger partial charge in [0, 0.05) is 6.61 Å². The normalized spacial score (nSPS) is 43.0. The average molecular weight is 178 g/mol. The second-order valence-corrected chi connectivity index (χ2v) is 2.71.